The molecule has 0 aromatic heterocycles. The first-order chi connectivity index (χ1) is 9.08. The van der Waals surface area contributed by atoms with Crippen LogP contribution < -0.4 is 11.1 Å². The van der Waals surface area contributed by atoms with E-state index < -0.39 is 6.04 Å². The predicted octanol–water partition coefficient (Wildman–Crippen LogP) is 1.12. The molecule has 0 spiro atoms. The third-order valence-electron chi connectivity index (χ3n) is 2.65. The van der Waals surface area contributed by atoms with Crippen molar-refractivity contribution in [1.82, 2.24) is 5.32 Å². The van der Waals surface area contributed by atoms with Gasteiger partial charge in [0.2, 0.25) is 5.91 Å². The Morgan fingerprint density at radius 3 is 2.79 bits per heavy atom. The summed E-state index contributed by atoms with van der Waals surface area (Å²) in [5.41, 5.74) is 6.52. The average molecular weight is 287 g/mol. The Bertz CT molecular complexity index is 415. The summed E-state index contributed by atoms with van der Waals surface area (Å²) in [4.78, 5) is 11.7. The fourth-order valence-corrected chi connectivity index (χ4v) is 1.82. The molecule has 1 aromatic rings. The van der Waals surface area contributed by atoms with E-state index in [9.17, 15) is 4.79 Å². The average Bonchev–Trinajstić information content (AvgIpc) is 2.39. The third-order valence-corrected chi connectivity index (χ3v) is 2.88. The van der Waals surface area contributed by atoms with Crippen LogP contribution in [0.15, 0.2) is 24.3 Å². The quantitative estimate of drug-likeness (QED) is 0.788. The highest BCUT2D eigenvalue weighted by molar-refractivity contribution is 6.30. The summed E-state index contributed by atoms with van der Waals surface area (Å²) in [7, 11) is 3.07. The van der Waals surface area contributed by atoms with Gasteiger partial charge in [-0.2, -0.15) is 0 Å². The van der Waals surface area contributed by atoms with Crippen molar-refractivity contribution >= 4 is 17.5 Å². The maximum atomic E-state index is 11.7. The van der Waals surface area contributed by atoms with Crippen molar-refractivity contribution < 1.29 is 14.3 Å². The number of methoxy groups -OCH3 is 2. The minimum atomic E-state index is -0.679. The summed E-state index contributed by atoms with van der Waals surface area (Å²) >= 11 is 5.92. The molecule has 2 atom stereocenters. The lowest BCUT2D eigenvalue weighted by Gasteiger charge is -2.18. The molecule has 0 aliphatic carbocycles. The second kappa shape index (κ2) is 8.12. The highest BCUT2D eigenvalue weighted by Crippen LogP contribution is 2.19. The number of nitrogens with two attached hydrogens (primary N) is 1. The van der Waals surface area contributed by atoms with E-state index in [1.807, 2.05) is 12.1 Å². The van der Waals surface area contributed by atoms with Crippen LogP contribution >= 0.6 is 11.6 Å². The number of amides is 1. The van der Waals surface area contributed by atoms with E-state index in [4.69, 9.17) is 26.8 Å². The first-order valence-electron chi connectivity index (χ1n) is 5.89. The van der Waals surface area contributed by atoms with Gasteiger partial charge in [-0.3, -0.25) is 4.79 Å². The normalized spacial score (nSPS) is 13.9. The number of nitrogens with one attached hydrogen (secondary N) is 1. The Morgan fingerprint density at radius 1 is 1.47 bits per heavy atom. The number of rotatable bonds is 7. The highest BCUT2D eigenvalue weighted by Gasteiger charge is 2.16. The third kappa shape index (κ3) is 5.16. The largest absolute Gasteiger partial charge is 0.383 e. The van der Waals surface area contributed by atoms with E-state index in [-0.39, 0.29) is 18.6 Å². The van der Waals surface area contributed by atoms with Crippen LogP contribution in [0.3, 0.4) is 0 Å². The van der Waals surface area contributed by atoms with Crippen LogP contribution in [0, 0.1) is 0 Å². The molecule has 106 valence electrons. The zero-order valence-electron chi connectivity index (χ0n) is 11.1. The molecule has 0 fully saturated rings. The molecule has 0 aliphatic heterocycles. The standard InChI is InChI=1S/C13H19ClN2O3/c1-18-8-11(15)13(17)16-7-12(19-2)9-4-3-5-10(14)6-9/h3-6,11-12H,7-8,15H2,1-2H3,(H,16,17). The number of hydrogen-bond donors (Lipinski definition) is 2. The van der Waals surface area contributed by atoms with Crippen LogP contribution in [0.2, 0.25) is 5.02 Å². The molecule has 19 heavy (non-hydrogen) atoms. The Balaban J connectivity index is 2.56. The Hall–Kier alpha value is -1.14. The van der Waals surface area contributed by atoms with Gasteiger partial charge in [0.25, 0.3) is 0 Å². The topological polar surface area (TPSA) is 73.6 Å². The van der Waals surface area contributed by atoms with Gasteiger partial charge in [-0.05, 0) is 17.7 Å². The Labute approximate surface area is 118 Å². The molecule has 1 rings (SSSR count). The second-order valence-corrected chi connectivity index (χ2v) is 4.52. The lowest BCUT2D eigenvalue weighted by molar-refractivity contribution is -0.124. The fraction of sp³-hybridized carbons (Fsp3) is 0.462. The van der Waals surface area contributed by atoms with E-state index in [2.05, 4.69) is 5.32 Å². The summed E-state index contributed by atoms with van der Waals surface area (Å²) in [5.74, 6) is -0.272. The van der Waals surface area contributed by atoms with Crippen molar-refractivity contribution in [2.45, 2.75) is 12.1 Å². The number of carbonyl (C=O) groups is 1. The summed E-state index contributed by atoms with van der Waals surface area (Å²) in [6.07, 6.45) is -0.266. The maximum absolute atomic E-state index is 11.7. The molecule has 0 saturated carbocycles. The van der Waals surface area contributed by atoms with E-state index in [0.29, 0.717) is 11.6 Å². The maximum Gasteiger partial charge on any atom is 0.239 e. The molecule has 0 heterocycles. The summed E-state index contributed by atoms with van der Waals surface area (Å²) in [5, 5.41) is 3.35. The van der Waals surface area contributed by atoms with Gasteiger partial charge in [0.1, 0.15) is 6.04 Å². The lowest BCUT2D eigenvalue weighted by atomic mass is 10.1. The second-order valence-electron chi connectivity index (χ2n) is 4.09. The molecular weight excluding hydrogens is 268 g/mol. The summed E-state index contributed by atoms with van der Waals surface area (Å²) in [6, 6.07) is 6.63. The molecule has 0 radical (unpaired) electrons. The number of carbonyl (C=O) groups excluding carboxylic acids is 1. The van der Waals surface area contributed by atoms with Crippen LogP contribution in [0.5, 0.6) is 0 Å². The number of hydrogen-bond acceptors (Lipinski definition) is 4. The van der Waals surface area contributed by atoms with Crippen LogP contribution in [0.25, 0.3) is 0 Å². The van der Waals surface area contributed by atoms with Gasteiger partial charge in [0, 0.05) is 25.8 Å². The monoisotopic (exact) mass is 286 g/mol. The van der Waals surface area contributed by atoms with Gasteiger partial charge in [-0.1, -0.05) is 23.7 Å². The van der Waals surface area contributed by atoms with Gasteiger partial charge < -0.3 is 20.5 Å². The first kappa shape index (κ1) is 15.9. The number of halogens is 1. The highest BCUT2D eigenvalue weighted by atomic mass is 35.5. The van der Waals surface area contributed by atoms with E-state index in [0.717, 1.165) is 5.56 Å². The molecule has 0 saturated heterocycles. The molecule has 2 unspecified atom stereocenters. The van der Waals surface area contributed by atoms with E-state index in [1.54, 1.807) is 19.2 Å². The smallest absolute Gasteiger partial charge is 0.239 e. The molecule has 6 heteroatoms. The van der Waals surface area contributed by atoms with Crippen molar-refractivity contribution in [3.63, 3.8) is 0 Å². The fourth-order valence-electron chi connectivity index (χ4n) is 1.62. The zero-order chi connectivity index (χ0) is 14.3. The van der Waals surface area contributed by atoms with Crippen molar-refractivity contribution in [2.24, 2.45) is 5.73 Å². The van der Waals surface area contributed by atoms with Crippen molar-refractivity contribution in [3.8, 4) is 0 Å². The van der Waals surface area contributed by atoms with Crippen molar-refractivity contribution in [1.29, 1.82) is 0 Å². The van der Waals surface area contributed by atoms with Gasteiger partial charge in [0.15, 0.2) is 0 Å². The summed E-state index contributed by atoms with van der Waals surface area (Å²) < 4.78 is 10.2. The first-order valence-corrected chi connectivity index (χ1v) is 6.26. The van der Waals surface area contributed by atoms with E-state index in [1.165, 1.54) is 7.11 Å². The molecular formula is C13H19ClN2O3. The SMILES string of the molecule is COCC(N)C(=O)NCC(OC)c1cccc(Cl)c1. The Morgan fingerprint density at radius 2 is 2.21 bits per heavy atom. The molecule has 0 aliphatic rings. The number of benzene rings is 1. The van der Waals surface area contributed by atoms with Gasteiger partial charge in [0.05, 0.1) is 12.7 Å². The summed E-state index contributed by atoms with van der Waals surface area (Å²) in [6.45, 7) is 0.508. The van der Waals surface area contributed by atoms with Gasteiger partial charge >= 0.3 is 0 Å². The molecule has 5 nitrogen and oxygen atoms in total. The molecule has 3 N–H and O–H groups in total. The molecule has 1 amide bonds. The Kier molecular flexibility index (Phi) is 6.80. The number of ether oxygens (including phenoxy) is 2. The van der Waals surface area contributed by atoms with E-state index >= 15 is 0 Å². The van der Waals surface area contributed by atoms with Crippen LogP contribution in [-0.4, -0.2) is 39.3 Å². The minimum Gasteiger partial charge on any atom is -0.383 e. The minimum absolute atomic E-state index is 0.181. The predicted molar refractivity (Wildman–Crippen MR) is 74.1 cm³/mol. The molecule has 0 bridgehead atoms. The van der Waals surface area contributed by atoms with Gasteiger partial charge in [-0.15, -0.1) is 0 Å². The van der Waals surface area contributed by atoms with Gasteiger partial charge in [-0.25, -0.2) is 0 Å². The lowest BCUT2D eigenvalue weighted by Crippen LogP contribution is -2.44. The van der Waals surface area contributed by atoms with Crippen LogP contribution in [0.1, 0.15) is 11.7 Å². The van der Waals surface area contributed by atoms with Crippen molar-refractivity contribution in [3.05, 3.63) is 34.9 Å². The van der Waals surface area contributed by atoms with Crippen LogP contribution in [0.4, 0.5) is 0 Å². The molecule has 1 aromatic carbocycles. The van der Waals surface area contributed by atoms with Crippen molar-refractivity contribution in [2.75, 3.05) is 27.4 Å². The van der Waals surface area contributed by atoms with Crippen LogP contribution in [-0.2, 0) is 14.3 Å². The zero-order valence-corrected chi connectivity index (χ0v) is 11.8.